The first-order valence-corrected chi connectivity index (χ1v) is 25.1. The van der Waals surface area contributed by atoms with Gasteiger partial charge < -0.3 is 9.38 Å². The van der Waals surface area contributed by atoms with Gasteiger partial charge in [-0.3, -0.25) is 0 Å². The van der Waals surface area contributed by atoms with Crippen LogP contribution < -0.4 is 15.7 Å². The van der Waals surface area contributed by atoms with Gasteiger partial charge in [-0.1, -0.05) is 124 Å². The highest BCUT2D eigenvalue weighted by molar-refractivity contribution is 7.27. The van der Waals surface area contributed by atoms with Crippen LogP contribution in [0.2, 0.25) is 0 Å². The number of thiophene rings is 2. The zero-order valence-electron chi connectivity index (χ0n) is 39.1. The Hall–Kier alpha value is -5.36. The smallest absolute Gasteiger partial charge is 0.333 e. The topological polar surface area (TPSA) is 8.17 Å². The number of benzene rings is 7. The van der Waals surface area contributed by atoms with Gasteiger partial charge in [0, 0.05) is 79.3 Å². The summed E-state index contributed by atoms with van der Waals surface area (Å²) in [6.07, 6.45) is 2.38. The molecule has 13 rings (SSSR count). The highest BCUT2D eigenvalue weighted by Gasteiger charge is 2.48. The van der Waals surface area contributed by atoms with Crippen LogP contribution in [0.1, 0.15) is 110 Å². The van der Waals surface area contributed by atoms with Crippen molar-refractivity contribution in [3.63, 3.8) is 0 Å². The summed E-state index contributed by atoms with van der Waals surface area (Å²) >= 11 is 3.92. The predicted octanol–water partition coefficient (Wildman–Crippen LogP) is 16.0. The SMILES string of the molecule is Cc1cc2c(cc1N1B3c4c(cc5c(sc6ccccc65)c4-c4c1ccc1sc5ccccc5c41)-n1c4ccc(C(C)(C)C)cc4c4cc(C(C)(C)C)cc3c41)C(C)(C)CCC2(C)C. The Labute approximate surface area is 385 Å². The lowest BCUT2D eigenvalue weighted by molar-refractivity contribution is 0.332. The van der Waals surface area contributed by atoms with E-state index >= 15 is 0 Å². The molecule has 1 aliphatic carbocycles. The molecule has 316 valence electrons. The summed E-state index contributed by atoms with van der Waals surface area (Å²) in [5.41, 5.74) is 19.5. The molecule has 0 radical (unpaired) electrons. The second-order valence-corrected chi connectivity index (χ2v) is 25.0. The number of fused-ring (bicyclic) bond motifs is 16. The van der Waals surface area contributed by atoms with Crippen molar-refractivity contribution in [1.82, 2.24) is 4.57 Å². The fourth-order valence-electron chi connectivity index (χ4n) is 12.2. The molecule has 0 amide bonds. The monoisotopic (exact) mass is 866 g/mol. The summed E-state index contributed by atoms with van der Waals surface area (Å²) in [5.74, 6) is 0. The van der Waals surface area contributed by atoms with Gasteiger partial charge in [-0.15, -0.1) is 22.7 Å². The third kappa shape index (κ3) is 5.09. The number of hydrogen-bond acceptors (Lipinski definition) is 3. The van der Waals surface area contributed by atoms with E-state index in [1.54, 1.807) is 0 Å². The standard InChI is InChI=1S/C59H55BN2S2/c1-32-26-40-41(59(10,11)25-24-58(40,8)9)31-45(32)62-44-22-23-49-50(36-17-13-15-19-48(36)63-49)51(44)52-53-46(30-39-35-16-12-14-18-47(35)64-55(39)52)61-43-21-20-33(56(2,3)4)27-37(43)38-28-34(57(5,6)7)29-42(54(38)61)60(53)62/h12-23,26-31H,24-25H2,1-11H3. The highest BCUT2D eigenvalue weighted by Crippen LogP contribution is 2.56. The maximum absolute atomic E-state index is 2.84. The third-order valence-corrected chi connectivity index (χ3v) is 18.2. The Balaban J connectivity index is 1.28. The molecule has 2 nitrogen and oxygen atoms in total. The maximum Gasteiger partial charge on any atom is 0.333 e. The number of rotatable bonds is 1. The largest absolute Gasteiger partial charge is 0.376 e. The zero-order chi connectivity index (χ0) is 44.1. The van der Waals surface area contributed by atoms with Crippen molar-refractivity contribution in [2.24, 2.45) is 0 Å². The van der Waals surface area contributed by atoms with E-state index in [0.717, 1.165) is 0 Å². The van der Waals surface area contributed by atoms with Crippen LogP contribution in [0.3, 0.4) is 0 Å². The van der Waals surface area contributed by atoms with Crippen molar-refractivity contribution in [3.8, 4) is 16.8 Å². The van der Waals surface area contributed by atoms with E-state index in [1.807, 2.05) is 22.7 Å². The van der Waals surface area contributed by atoms with E-state index in [0.29, 0.717) is 0 Å². The van der Waals surface area contributed by atoms with Gasteiger partial charge in [-0.2, -0.15) is 0 Å². The molecule has 10 aromatic rings. The van der Waals surface area contributed by atoms with E-state index in [9.17, 15) is 0 Å². The second-order valence-electron chi connectivity index (χ2n) is 22.8. The van der Waals surface area contributed by atoms with Crippen LogP contribution in [0.5, 0.6) is 0 Å². The van der Waals surface area contributed by atoms with Gasteiger partial charge in [0.05, 0.1) is 11.0 Å². The summed E-state index contributed by atoms with van der Waals surface area (Å²) in [7, 11) is 0. The fourth-order valence-corrected chi connectivity index (χ4v) is 14.5. The molecule has 7 aromatic carbocycles. The Morgan fingerprint density at radius 3 is 1.92 bits per heavy atom. The predicted molar refractivity (Wildman–Crippen MR) is 283 cm³/mol. The minimum Gasteiger partial charge on any atom is -0.376 e. The first-order valence-electron chi connectivity index (χ1n) is 23.4. The minimum absolute atomic E-state index is 0.0188. The molecule has 0 saturated carbocycles. The minimum atomic E-state index is -0.0605. The summed E-state index contributed by atoms with van der Waals surface area (Å²) < 4.78 is 8.14. The van der Waals surface area contributed by atoms with Gasteiger partial charge in [-0.05, 0) is 135 Å². The Morgan fingerprint density at radius 1 is 0.547 bits per heavy atom. The van der Waals surface area contributed by atoms with Crippen molar-refractivity contribution < 1.29 is 0 Å². The molecule has 2 aliphatic heterocycles. The first-order chi connectivity index (χ1) is 30.4. The van der Waals surface area contributed by atoms with Crippen molar-refractivity contribution in [2.75, 3.05) is 4.81 Å². The third-order valence-electron chi connectivity index (χ3n) is 15.8. The van der Waals surface area contributed by atoms with Crippen LogP contribution in [0.25, 0.3) is 79.0 Å². The average molecular weight is 867 g/mol. The van der Waals surface area contributed by atoms with Crippen molar-refractivity contribution in [1.29, 1.82) is 0 Å². The van der Waals surface area contributed by atoms with Crippen LogP contribution in [0.4, 0.5) is 11.4 Å². The molecular formula is C59H55BN2S2. The van der Waals surface area contributed by atoms with E-state index in [1.165, 1.54) is 142 Å². The van der Waals surface area contributed by atoms with Gasteiger partial charge >= 0.3 is 6.85 Å². The second kappa shape index (κ2) is 12.5. The molecule has 0 spiro atoms. The number of aromatic nitrogens is 1. The molecule has 3 aromatic heterocycles. The van der Waals surface area contributed by atoms with Crippen LogP contribution in [-0.4, -0.2) is 11.4 Å². The van der Waals surface area contributed by atoms with Gasteiger partial charge in [0.15, 0.2) is 0 Å². The zero-order valence-corrected chi connectivity index (χ0v) is 40.7. The molecule has 5 heteroatoms. The molecule has 0 fully saturated rings. The van der Waals surface area contributed by atoms with Crippen LogP contribution >= 0.6 is 22.7 Å². The highest BCUT2D eigenvalue weighted by atomic mass is 32.1. The van der Waals surface area contributed by atoms with Gasteiger partial charge in [0.25, 0.3) is 0 Å². The van der Waals surface area contributed by atoms with E-state index in [-0.39, 0.29) is 28.5 Å². The lowest BCUT2D eigenvalue weighted by Crippen LogP contribution is -2.61. The number of anilines is 2. The van der Waals surface area contributed by atoms with Crippen LogP contribution in [-0.2, 0) is 21.7 Å². The van der Waals surface area contributed by atoms with Crippen molar-refractivity contribution in [3.05, 3.63) is 137 Å². The Morgan fingerprint density at radius 2 is 1.20 bits per heavy atom. The van der Waals surface area contributed by atoms with Crippen LogP contribution in [0.15, 0.2) is 109 Å². The number of hydrogen-bond donors (Lipinski definition) is 0. The normalized spacial score (nSPS) is 16.4. The summed E-state index contributed by atoms with van der Waals surface area (Å²) in [6.45, 7) is 26.5. The van der Waals surface area contributed by atoms with Gasteiger partial charge in [0.2, 0.25) is 0 Å². The molecular weight excluding hydrogens is 812 g/mol. The molecule has 0 unspecified atom stereocenters. The molecule has 5 heterocycles. The first kappa shape index (κ1) is 39.0. The molecule has 0 bridgehead atoms. The van der Waals surface area contributed by atoms with E-state index in [2.05, 4.69) is 195 Å². The average Bonchev–Trinajstić information content (AvgIpc) is 3.93. The lowest BCUT2D eigenvalue weighted by Gasteiger charge is -2.46. The maximum atomic E-state index is 2.84. The quantitative estimate of drug-likeness (QED) is 0.149. The molecule has 0 N–H and O–H groups in total. The Kier molecular flexibility index (Phi) is 7.63. The summed E-state index contributed by atoms with van der Waals surface area (Å²) in [5, 5.41) is 8.15. The number of aryl methyl sites for hydroxylation is 1. The number of nitrogens with zero attached hydrogens (tertiary/aromatic N) is 2. The summed E-state index contributed by atoms with van der Waals surface area (Å²) in [4.78, 5) is 2.84. The lowest BCUT2D eigenvalue weighted by atomic mass is 9.43. The van der Waals surface area contributed by atoms with E-state index < -0.39 is 0 Å². The van der Waals surface area contributed by atoms with Crippen molar-refractivity contribution >= 4 is 114 Å². The summed E-state index contributed by atoms with van der Waals surface area (Å²) in [6, 6.07) is 43.6. The molecule has 64 heavy (non-hydrogen) atoms. The van der Waals surface area contributed by atoms with E-state index in [4.69, 9.17) is 0 Å². The van der Waals surface area contributed by atoms with Crippen molar-refractivity contribution in [2.45, 2.75) is 111 Å². The van der Waals surface area contributed by atoms with Gasteiger partial charge in [0.1, 0.15) is 0 Å². The fraction of sp³-hybridized carbons (Fsp3) is 0.288. The molecule has 0 atom stereocenters. The molecule has 0 saturated heterocycles. The van der Waals surface area contributed by atoms with Gasteiger partial charge in [-0.25, -0.2) is 0 Å². The Bertz CT molecular complexity index is 3720. The molecule has 3 aliphatic rings. The van der Waals surface area contributed by atoms with Crippen LogP contribution in [0, 0.1) is 6.92 Å².